The van der Waals surface area contributed by atoms with Gasteiger partial charge in [0.1, 0.15) is 17.8 Å². The van der Waals surface area contributed by atoms with Gasteiger partial charge in [-0.25, -0.2) is 9.97 Å². The smallest absolute Gasteiger partial charge is 0.270 e. The maximum Gasteiger partial charge on any atom is 0.270 e. The van der Waals surface area contributed by atoms with Gasteiger partial charge in [0, 0.05) is 37.1 Å². The molecule has 28 heavy (non-hydrogen) atoms. The maximum absolute atomic E-state index is 12.4. The monoisotopic (exact) mass is 375 g/mol. The Kier molecular flexibility index (Phi) is 6.57. The molecule has 0 fully saturated rings. The summed E-state index contributed by atoms with van der Waals surface area (Å²) < 4.78 is 0. The minimum Gasteiger partial charge on any atom is -0.372 e. The van der Waals surface area contributed by atoms with E-state index in [1.54, 1.807) is 6.07 Å². The lowest BCUT2D eigenvalue weighted by atomic mass is 10.2. The molecule has 2 aromatic carbocycles. The average molecular weight is 375 g/mol. The van der Waals surface area contributed by atoms with E-state index in [1.807, 2.05) is 42.5 Å². The number of carbonyl (C=O) groups is 1. The van der Waals surface area contributed by atoms with Crippen molar-refractivity contribution in [3.63, 3.8) is 0 Å². The maximum atomic E-state index is 12.4. The highest BCUT2D eigenvalue weighted by molar-refractivity contribution is 5.92. The van der Waals surface area contributed by atoms with Crippen LogP contribution >= 0.6 is 0 Å². The number of amides is 1. The van der Waals surface area contributed by atoms with E-state index in [0.29, 0.717) is 18.1 Å². The first kappa shape index (κ1) is 19.4. The Morgan fingerprint density at radius 2 is 1.68 bits per heavy atom. The molecule has 1 amide bonds. The number of hydrogen-bond acceptors (Lipinski definition) is 5. The molecule has 0 aliphatic carbocycles. The van der Waals surface area contributed by atoms with Crippen LogP contribution in [-0.4, -0.2) is 29.0 Å². The highest BCUT2D eigenvalue weighted by Crippen LogP contribution is 2.20. The lowest BCUT2D eigenvalue weighted by molar-refractivity contribution is 0.0946. The zero-order chi connectivity index (χ0) is 19.8. The Morgan fingerprint density at radius 1 is 0.964 bits per heavy atom. The van der Waals surface area contributed by atoms with Crippen LogP contribution in [0.1, 0.15) is 29.9 Å². The Hall–Kier alpha value is -3.41. The average Bonchev–Trinajstić information content (AvgIpc) is 2.75. The van der Waals surface area contributed by atoms with Gasteiger partial charge in [-0.3, -0.25) is 4.79 Å². The zero-order valence-electron chi connectivity index (χ0n) is 16.2. The number of aromatic nitrogens is 2. The molecule has 3 rings (SSSR count). The van der Waals surface area contributed by atoms with E-state index in [0.717, 1.165) is 24.3 Å². The van der Waals surface area contributed by atoms with Crippen molar-refractivity contribution in [1.82, 2.24) is 15.3 Å². The lowest BCUT2D eigenvalue weighted by Gasteiger charge is -2.21. The normalized spacial score (nSPS) is 10.4. The van der Waals surface area contributed by atoms with E-state index in [2.05, 4.69) is 51.5 Å². The predicted octanol–water partition coefficient (Wildman–Crippen LogP) is 4.00. The van der Waals surface area contributed by atoms with Gasteiger partial charge < -0.3 is 15.5 Å². The van der Waals surface area contributed by atoms with Crippen LogP contribution < -0.4 is 15.5 Å². The molecule has 1 heterocycles. The number of rotatable bonds is 8. The third-order valence-electron chi connectivity index (χ3n) is 4.46. The van der Waals surface area contributed by atoms with Crippen LogP contribution in [0.2, 0.25) is 0 Å². The molecule has 2 N–H and O–H groups in total. The van der Waals surface area contributed by atoms with E-state index < -0.39 is 0 Å². The summed E-state index contributed by atoms with van der Waals surface area (Å²) in [6.07, 6.45) is 1.39. The summed E-state index contributed by atoms with van der Waals surface area (Å²) >= 11 is 0. The molecule has 3 aromatic rings. The van der Waals surface area contributed by atoms with E-state index in [1.165, 1.54) is 12.0 Å². The van der Waals surface area contributed by atoms with Crippen molar-refractivity contribution in [3.8, 4) is 0 Å². The van der Waals surface area contributed by atoms with Crippen LogP contribution in [0, 0.1) is 0 Å². The van der Waals surface area contributed by atoms with Gasteiger partial charge in [0.2, 0.25) is 0 Å². The SMILES string of the molecule is CCN(CC)c1ccc(Nc2cc(C(=O)NCc3ccccc3)ncn2)cc1. The first-order valence-electron chi connectivity index (χ1n) is 9.45. The first-order chi connectivity index (χ1) is 13.7. The molecule has 0 bridgehead atoms. The van der Waals surface area contributed by atoms with E-state index in [4.69, 9.17) is 0 Å². The second-order valence-electron chi connectivity index (χ2n) is 6.30. The molecular formula is C22H25N5O. The summed E-state index contributed by atoms with van der Waals surface area (Å²) in [6.45, 7) is 6.67. The zero-order valence-corrected chi connectivity index (χ0v) is 16.2. The Bertz CT molecular complexity index is 892. The molecule has 0 aliphatic rings. The fourth-order valence-electron chi connectivity index (χ4n) is 2.91. The van der Waals surface area contributed by atoms with Crippen molar-refractivity contribution >= 4 is 23.1 Å². The largest absolute Gasteiger partial charge is 0.372 e. The van der Waals surface area contributed by atoms with Crippen LogP contribution in [0.5, 0.6) is 0 Å². The number of hydrogen-bond donors (Lipinski definition) is 2. The van der Waals surface area contributed by atoms with Crippen LogP contribution in [0.3, 0.4) is 0 Å². The van der Waals surface area contributed by atoms with Crippen molar-refractivity contribution in [1.29, 1.82) is 0 Å². The lowest BCUT2D eigenvalue weighted by Crippen LogP contribution is -2.24. The Labute approximate surface area is 165 Å². The number of nitrogens with zero attached hydrogens (tertiary/aromatic N) is 3. The van der Waals surface area contributed by atoms with Crippen molar-refractivity contribution < 1.29 is 4.79 Å². The summed E-state index contributed by atoms with van der Waals surface area (Å²) in [7, 11) is 0. The summed E-state index contributed by atoms with van der Waals surface area (Å²) in [6, 6.07) is 19.6. The summed E-state index contributed by atoms with van der Waals surface area (Å²) in [5, 5.41) is 6.10. The van der Waals surface area contributed by atoms with Gasteiger partial charge in [-0.05, 0) is 43.7 Å². The third-order valence-corrected chi connectivity index (χ3v) is 4.46. The summed E-state index contributed by atoms with van der Waals surface area (Å²) in [5.41, 5.74) is 3.45. The third kappa shape index (κ3) is 5.07. The topological polar surface area (TPSA) is 70.2 Å². The van der Waals surface area contributed by atoms with Gasteiger partial charge in [0.25, 0.3) is 5.91 Å². The van der Waals surface area contributed by atoms with Crippen LogP contribution in [-0.2, 0) is 6.54 Å². The molecular weight excluding hydrogens is 350 g/mol. The summed E-state index contributed by atoms with van der Waals surface area (Å²) in [4.78, 5) is 23.0. The van der Waals surface area contributed by atoms with Crippen LogP contribution in [0.15, 0.2) is 67.0 Å². The standard InChI is InChI=1S/C22H25N5O/c1-3-27(4-2)19-12-10-18(11-13-19)26-21-14-20(24-16-25-21)22(28)23-15-17-8-6-5-7-9-17/h5-14,16H,3-4,15H2,1-2H3,(H,23,28)(H,24,25,26). The fraction of sp³-hybridized carbons (Fsp3) is 0.227. The molecule has 0 atom stereocenters. The quantitative estimate of drug-likeness (QED) is 0.623. The first-order valence-corrected chi connectivity index (χ1v) is 9.45. The van der Waals surface area contributed by atoms with E-state index in [9.17, 15) is 4.79 Å². The Balaban J connectivity index is 1.63. The second kappa shape index (κ2) is 9.50. The van der Waals surface area contributed by atoms with Gasteiger partial charge in [0.15, 0.2) is 0 Å². The molecule has 0 unspecified atom stereocenters. The van der Waals surface area contributed by atoms with E-state index in [-0.39, 0.29) is 5.91 Å². The molecule has 1 aromatic heterocycles. The van der Waals surface area contributed by atoms with Crippen molar-refractivity contribution in [2.75, 3.05) is 23.3 Å². The minimum absolute atomic E-state index is 0.230. The molecule has 0 radical (unpaired) electrons. The summed E-state index contributed by atoms with van der Waals surface area (Å²) in [5.74, 6) is 0.349. The van der Waals surface area contributed by atoms with Gasteiger partial charge >= 0.3 is 0 Å². The molecule has 0 spiro atoms. The molecule has 0 saturated heterocycles. The van der Waals surface area contributed by atoms with Crippen molar-refractivity contribution in [3.05, 3.63) is 78.2 Å². The predicted molar refractivity (Wildman–Crippen MR) is 113 cm³/mol. The van der Waals surface area contributed by atoms with Gasteiger partial charge in [-0.15, -0.1) is 0 Å². The van der Waals surface area contributed by atoms with Crippen molar-refractivity contribution in [2.24, 2.45) is 0 Å². The number of anilines is 3. The highest BCUT2D eigenvalue weighted by Gasteiger charge is 2.09. The van der Waals surface area contributed by atoms with Crippen LogP contribution in [0.25, 0.3) is 0 Å². The molecule has 0 aliphatic heterocycles. The molecule has 6 heteroatoms. The van der Waals surface area contributed by atoms with Crippen molar-refractivity contribution in [2.45, 2.75) is 20.4 Å². The number of nitrogens with one attached hydrogen (secondary N) is 2. The Morgan fingerprint density at radius 3 is 2.36 bits per heavy atom. The van der Waals surface area contributed by atoms with Crippen LogP contribution in [0.4, 0.5) is 17.2 Å². The fourth-order valence-corrected chi connectivity index (χ4v) is 2.91. The number of benzene rings is 2. The van der Waals surface area contributed by atoms with Gasteiger partial charge in [-0.2, -0.15) is 0 Å². The van der Waals surface area contributed by atoms with E-state index >= 15 is 0 Å². The molecule has 0 saturated carbocycles. The van der Waals surface area contributed by atoms with Gasteiger partial charge in [-0.1, -0.05) is 30.3 Å². The molecule has 6 nitrogen and oxygen atoms in total. The number of carbonyl (C=O) groups excluding carboxylic acids is 1. The van der Waals surface area contributed by atoms with Gasteiger partial charge in [0.05, 0.1) is 0 Å². The minimum atomic E-state index is -0.230. The second-order valence-corrected chi connectivity index (χ2v) is 6.30. The molecule has 144 valence electrons. The highest BCUT2D eigenvalue weighted by atomic mass is 16.1.